The van der Waals surface area contributed by atoms with E-state index in [1.807, 2.05) is 46.4 Å². The number of imidazole rings is 1. The first-order chi connectivity index (χ1) is 11.7. The molecule has 1 fully saturated rings. The predicted octanol–water partition coefficient (Wildman–Crippen LogP) is 2.53. The quantitative estimate of drug-likeness (QED) is 0.778. The van der Waals surface area contributed by atoms with Crippen molar-refractivity contribution >= 4 is 45.6 Å². The minimum atomic E-state index is -0.180. The molecular formula is C16H14N4O2S2. The van der Waals surface area contributed by atoms with Gasteiger partial charge in [-0.25, -0.2) is 4.98 Å². The number of carbonyl (C=O) groups excluding carboxylic acids is 2. The van der Waals surface area contributed by atoms with Crippen LogP contribution in [-0.4, -0.2) is 44.3 Å². The maximum Gasteiger partial charge on any atom is 0.244 e. The zero-order valence-corrected chi connectivity index (χ0v) is 14.3. The fourth-order valence-electron chi connectivity index (χ4n) is 2.50. The zero-order valence-electron chi connectivity index (χ0n) is 12.6. The van der Waals surface area contributed by atoms with Gasteiger partial charge in [0.05, 0.1) is 17.3 Å². The highest BCUT2D eigenvalue weighted by atomic mass is 32.2. The Labute approximate surface area is 146 Å². The summed E-state index contributed by atoms with van der Waals surface area (Å²) in [6, 6.07) is 7.56. The number of nitrogens with zero attached hydrogens (tertiary/aromatic N) is 3. The first kappa shape index (κ1) is 15.2. The van der Waals surface area contributed by atoms with Crippen LogP contribution in [0, 0.1) is 0 Å². The van der Waals surface area contributed by atoms with Gasteiger partial charge in [-0.05, 0) is 12.1 Å². The second-order valence-corrected chi connectivity index (χ2v) is 7.24. The van der Waals surface area contributed by atoms with Gasteiger partial charge in [0.1, 0.15) is 6.54 Å². The van der Waals surface area contributed by atoms with Gasteiger partial charge >= 0.3 is 0 Å². The number of nitrogens with one attached hydrogen (secondary N) is 1. The van der Waals surface area contributed by atoms with E-state index >= 15 is 0 Å². The number of thiazole rings is 1. The van der Waals surface area contributed by atoms with Crippen molar-refractivity contribution in [3.63, 3.8) is 0 Å². The van der Waals surface area contributed by atoms with Gasteiger partial charge in [0.15, 0.2) is 4.96 Å². The Kier molecular flexibility index (Phi) is 3.99. The molecule has 1 aliphatic heterocycles. The van der Waals surface area contributed by atoms with E-state index in [1.54, 1.807) is 16.2 Å². The Morgan fingerprint density at radius 1 is 1.29 bits per heavy atom. The summed E-state index contributed by atoms with van der Waals surface area (Å²) in [5.74, 6) is 0.888. The van der Waals surface area contributed by atoms with Crippen molar-refractivity contribution in [2.24, 2.45) is 0 Å². The van der Waals surface area contributed by atoms with Gasteiger partial charge in [-0.2, -0.15) is 0 Å². The van der Waals surface area contributed by atoms with Gasteiger partial charge in [-0.3, -0.25) is 14.0 Å². The molecule has 24 heavy (non-hydrogen) atoms. The molecule has 1 aromatic carbocycles. The highest BCUT2D eigenvalue weighted by Crippen LogP contribution is 2.23. The van der Waals surface area contributed by atoms with E-state index in [0.717, 1.165) is 16.2 Å². The van der Waals surface area contributed by atoms with Gasteiger partial charge in [0.25, 0.3) is 0 Å². The van der Waals surface area contributed by atoms with Gasteiger partial charge in [0.2, 0.25) is 11.8 Å². The summed E-state index contributed by atoms with van der Waals surface area (Å²) in [7, 11) is 0. The number of hydrogen-bond acceptors (Lipinski definition) is 5. The minimum Gasteiger partial charge on any atom is -0.325 e. The number of hydrogen-bond donors (Lipinski definition) is 1. The van der Waals surface area contributed by atoms with Crippen LogP contribution in [-0.2, 0) is 9.59 Å². The number of benzene rings is 1. The average molecular weight is 358 g/mol. The normalized spacial score (nSPS) is 14.5. The molecule has 1 saturated heterocycles. The van der Waals surface area contributed by atoms with Gasteiger partial charge in [0, 0.05) is 29.0 Å². The number of rotatable bonds is 4. The molecule has 0 saturated carbocycles. The van der Waals surface area contributed by atoms with Gasteiger partial charge in [-0.1, -0.05) is 12.1 Å². The fourth-order valence-corrected chi connectivity index (χ4v) is 4.11. The van der Waals surface area contributed by atoms with Crippen molar-refractivity contribution in [2.45, 2.75) is 0 Å². The van der Waals surface area contributed by atoms with E-state index in [1.165, 1.54) is 11.8 Å². The van der Waals surface area contributed by atoms with Gasteiger partial charge < -0.3 is 10.2 Å². The first-order valence-corrected chi connectivity index (χ1v) is 9.40. The number of anilines is 1. The van der Waals surface area contributed by atoms with Crippen molar-refractivity contribution in [1.82, 2.24) is 14.3 Å². The molecule has 1 aliphatic rings. The Morgan fingerprint density at radius 3 is 2.83 bits per heavy atom. The Balaban J connectivity index is 1.42. The molecule has 0 radical (unpaired) electrons. The topological polar surface area (TPSA) is 66.7 Å². The van der Waals surface area contributed by atoms with E-state index in [0.29, 0.717) is 17.3 Å². The number of carbonyl (C=O) groups is 2. The number of thioether (sulfide) groups is 1. The predicted molar refractivity (Wildman–Crippen MR) is 96.2 cm³/mol. The second-order valence-electron chi connectivity index (χ2n) is 5.41. The lowest BCUT2D eigenvalue weighted by Gasteiger charge is -2.14. The lowest BCUT2D eigenvalue weighted by atomic mass is 10.1. The summed E-state index contributed by atoms with van der Waals surface area (Å²) in [5.41, 5.74) is 2.61. The summed E-state index contributed by atoms with van der Waals surface area (Å²) in [6.45, 7) is 0.102. The maximum atomic E-state index is 12.0. The molecule has 2 amide bonds. The molecule has 0 aliphatic carbocycles. The number of amides is 2. The van der Waals surface area contributed by atoms with Crippen molar-refractivity contribution < 1.29 is 9.59 Å². The van der Waals surface area contributed by atoms with Crippen LogP contribution in [0.2, 0.25) is 0 Å². The van der Waals surface area contributed by atoms with E-state index in [-0.39, 0.29) is 18.4 Å². The summed E-state index contributed by atoms with van der Waals surface area (Å²) in [6.07, 6.45) is 3.96. The smallest absolute Gasteiger partial charge is 0.244 e. The molecule has 3 aromatic rings. The minimum absolute atomic E-state index is 0.0187. The summed E-state index contributed by atoms with van der Waals surface area (Å²) in [5, 5.41) is 4.82. The Bertz CT molecular complexity index is 872. The zero-order chi connectivity index (χ0) is 16.5. The Hall–Kier alpha value is -2.32. The number of fused-ring (bicyclic) bond motifs is 1. The Morgan fingerprint density at radius 2 is 2.12 bits per heavy atom. The second kappa shape index (κ2) is 6.29. The van der Waals surface area contributed by atoms with Crippen LogP contribution >= 0.6 is 23.1 Å². The molecule has 8 heteroatoms. The van der Waals surface area contributed by atoms with Crippen LogP contribution in [0.15, 0.2) is 42.0 Å². The molecule has 0 spiro atoms. The maximum absolute atomic E-state index is 12.0. The van der Waals surface area contributed by atoms with Crippen LogP contribution in [0.1, 0.15) is 0 Å². The molecule has 0 unspecified atom stereocenters. The standard InChI is InChI=1S/C16H14N4O2S2/c21-14(8-20-10-23-9-15(20)22)17-12-3-1-11(2-4-12)13-7-19-5-6-24-16(19)18-13/h1-7H,8-10H2,(H,17,21). The molecule has 6 nitrogen and oxygen atoms in total. The highest BCUT2D eigenvalue weighted by Gasteiger charge is 2.22. The highest BCUT2D eigenvalue weighted by molar-refractivity contribution is 8.00. The largest absolute Gasteiger partial charge is 0.325 e. The van der Waals surface area contributed by atoms with Crippen LogP contribution < -0.4 is 5.32 Å². The molecule has 4 rings (SSSR count). The van der Waals surface area contributed by atoms with Crippen LogP contribution in [0.5, 0.6) is 0 Å². The third kappa shape index (κ3) is 3.02. The summed E-state index contributed by atoms with van der Waals surface area (Å²) < 4.78 is 1.99. The molecule has 2 aromatic heterocycles. The fraction of sp³-hybridized carbons (Fsp3) is 0.188. The lowest BCUT2D eigenvalue weighted by molar-refractivity contribution is -0.130. The molecule has 0 bridgehead atoms. The van der Waals surface area contributed by atoms with E-state index in [2.05, 4.69) is 10.3 Å². The molecule has 122 valence electrons. The van der Waals surface area contributed by atoms with Crippen molar-refractivity contribution in [3.05, 3.63) is 42.0 Å². The van der Waals surface area contributed by atoms with Gasteiger partial charge in [-0.15, -0.1) is 23.1 Å². The third-order valence-corrected chi connectivity index (χ3v) is 5.43. The molecule has 1 N–H and O–H groups in total. The van der Waals surface area contributed by atoms with Crippen molar-refractivity contribution in [1.29, 1.82) is 0 Å². The SMILES string of the molecule is O=C(CN1CSCC1=O)Nc1ccc(-c2cn3ccsc3n2)cc1. The monoisotopic (exact) mass is 358 g/mol. The summed E-state index contributed by atoms with van der Waals surface area (Å²) >= 11 is 3.12. The lowest BCUT2D eigenvalue weighted by Crippen LogP contribution is -2.34. The van der Waals surface area contributed by atoms with E-state index in [4.69, 9.17) is 0 Å². The average Bonchev–Trinajstić information content (AvgIpc) is 3.25. The first-order valence-electron chi connectivity index (χ1n) is 7.37. The van der Waals surface area contributed by atoms with E-state index < -0.39 is 0 Å². The number of aromatic nitrogens is 2. The third-order valence-electron chi connectivity index (χ3n) is 3.72. The summed E-state index contributed by atoms with van der Waals surface area (Å²) in [4.78, 5) is 30.6. The van der Waals surface area contributed by atoms with Crippen LogP contribution in [0.3, 0.4) is 0 Å². The van der Waals surface area contributed by atoms with Crippen LogP contribution in [0.25, 0.3) is 16.2 Å². The molecule has 0 atom stereocenters. The van der Waals surface area contributed by atoms with Crippen molar-refractivity contribution in [2.75, 3.05) is 23.5 Å². The van der Waals surface area contributed by atoms with E-state index in [9.17, 15) is 9.59 Å². The molecular weight excluding hydrogens is 344 g/mol. The molecule has 3 heterocycles. The van der Waals surface area contributed by atoms with Crippen molar-refractivity contribution in [3.8, 4) is 11.3 Å². The van der Waals surface area contributed by atoms with Crippen LogP contribution in [0.4, 0.5) is 5.69 Å².